The molecule has 1 unspecified atom stereocenters. The van der Waals surface area contributed by atoms with E-state index in [2.05, 4.69) is 10.3 Å². The van der Waals surface area contributed by atoms with Crippen LogP contribution in [0.15, 0.2) is 70.6 Å². The first kappa shape index (κ1) is 22.1. The van der Waals surface area contributed by atoms with Crippen molar-refractivity contribution in [3.8, 4) is 5.69 Å². The molecule has 3 aromatic rings. The molecule has 0 radical (unpaired) electrons. The summed E-state index contributed by atoms with van der Waals surface area (Å²) in [5.41, 5.74) is 7.91. The Bertz CT molecular complexity index is 1150. The number of nitrogens with zero attached hydrogens (tertiary/aromatic N) is 2. The quantitative estimate of drug-likeness (QED) is 0.330. The van der Waals surface area contributed by atoms with Crippen molar-refractivity contribution in [1.29, 1.82) is 0 Å². The summed E-state index contributed by atoms with van der Waals surface area (Å²) in [7, 11) is 1.26. The Morgan fingerprint density at radius 3 is 2.58 bits per heavy atom. The normalized spacial score (nSPS) is 11.5. The van der Waals surface area contributed by atoms with Gasteiger partial charge in [-0.2, -0.15) is 4.98 Å². The van der Waals surface area contributed by atoms with Crippen molar-refractivity contribution in [2.75, 3.05) is 18.6 Å². The van der Waals surface area contributed by atoms with Crippen LogP contribution in [0.5, 0.6) is 0 Å². The lowest BCUT2D eigenvalue weighted by Gasteiger charge is -2.18. The van der Waals surface area contributed by atoms with Gasteiger partial charge in [-0.15, -0.1) is 0 Å². The van der Waals surface area contributed by atoms with E-state index in [-0.39, 0.29) is 16.7 Å². The van der Waals surface area contributed by atoms with E-state index in [1.807, 2.05) is 37.3 Å². The van der Waals surface area contributed by atoms with E-state index in [1.165, 1.54) is 13.2 Å². The van der Waals surface area contributed by atoms with Crippen LogP contribution in [-0.2, 0) is 14.3 Å². The van der Waals surface area contributed by atoms with Gasteiger partial charge >= 0.3 is 5.97 Å². The van der Waals surface area contributed by atoms with Crippen molar-refractivity contribution in [3.63, 3.8) is 0 Å². The molecule has 1 heterocycles. The van der Waals surface area contributed by atoms with Crippen molar-refractivity contribution in [3.05, 3.63) is 82.1 Å². The number of aromatic nitrogens is 2. The van der Waals surface area contributed by atoms with E-state index >= 15 is 0 Å². The third-order valence-corrected chi connectivity index (χ3v) is 5.33. The minimum atomic E-state index is -0.938. The molecule has 1 atom stereocenters. The lowest BCUT2D eigenvalue weighted by Crippen LogP contribution is -2.35. The molecular weight excluding hydrogens is 416 g/mol. The topological polar surface area (TPSA) is 116 Å². The second kappa shape index (κ2) is 9.94. The summed E-state index contributed by atoms with van der Waals surface area (Å²) in [5.74, 6) is -0.868. The van der Waals surface area contributed by atoms with Gasteiger partial charge in [-0.3, -0.25) is 14.2 Å². The Balaban J connectivity index is 1.81. The fourth-order valence-corrected chi connectivity index (χ4v) is 3.81. The van der Waals surface area contributed by atoms with E-state index in [0.29, 0.717) is 5.56 Å². The Labute approximate surface area is 183 Å². The van der Waals surface area contributed by atoms with Gasteiger partial charge in [0.25, 0.3) is 5.56 Å². The Hall–Kier alpha value is -3.59. The van der Waals surface area contributed by atoms with Crippen molar-refractivity contribution in [1.82, 2.24) is 14.9 Å². The molecule has 0 bridgehead atoms. The average Bonchev–Trinajstić information content (AvgIpc) is 2.75. The first-order valence-corrected chi connectivity index (χ1v) is 10.4. The highest BCUT2D eigenvalue weighted by Gasteiger charge is 2.23. The number of carbonyl (C=O) groups excluding carboxylic acids is 2. The van der Waals surface area contributed by atoms with Crippen molar-refractivity contribution in [2.45, 2.75) is 18.1 Å². The van der Waals surface area contributed by atoms with Gasteiger partial charge in [0.2, 0.25) is 5.91 Å². The monoisotopic (exact) mass is 438 g/mol. The number of amides is 1. The Morgan fingerprint density at radius 1 is 1.16 bits per heavy atom. The van der Waals surface area contributed by atoms with Gasteiger partial charge in [0, 0.05) is 11.8 Å². The SMILES string of the molecule is COC(=O)C(NC(=O)CSc1nc(=O)cc(N)n1-c1cccc(C)c1)c1ccccc1. The number of rotatable bonds is 7. The van der Waals surface area contributed by atoms with Gasteiger partial charge in [0.1, 0.15) is 5.82 Å². The minimum Gasteiger partial charge on any atom is -0.467 e. The van der Waals surface area contributed by atoms with Crippen LogP contribution in [0.1, 0.15) is 17.2 Å². The second-order valence-electron chi connectivity index (χ2n) is 6.70. The number of anilines is 1. The highest BCUT2D eigenvalue weighted by Crippen LogP contribution is 2.23. The molecule has 8 nitrogen and oxygen atoms in total. The summed E-state index contributed by atoms with van der Waals surface area (Å²) in [4.78, 5) is 40.7. The summed E-state index contributed by atoms with van der Waals surface area (Å²) < 4.78 is 6.43. The molecule has 0 fully saturated rings. The zero-order valence-electron chi connectivity index (χ0n) is 17.1. The number of hydrogen-bond donors (Lipinski definition) is 2. The van der Waals surface area contributed by atoms with Gasteiger partial charge in [-0.05, 0) is 30.2 Å². The first-order chi connectivity index (χ1) is 14.9. The number of nitrogens with two attached hydrogens (primary N) is 1. The van der Waals surface area contributed by atoms with E-state index < -0.39 is 23.5 Å². The summed E-state index contributed by atoms with van der Waals surface area (Å²) >= 11 is 1.05. The lowest BCUT2D eigenvalue weighted by molar-refractivity contribution is -0.145. The standard InChI is InChI=1S/C22H22N4O4S/c1-14-7-6-10-16(11-14)26-17(23)12-18(27)25-22(26)31-13-19(28)24-20(21(29)30-2)15-8-4-3-5-9-15/h3-12,20H,13,23H2,1-2H3,(H,24,28). The molecule has 1 amide bonds. The van der Waals surface area contributed by atoms with Crippen LogP contribution in [0.2, 0.25) is 0 Å². The number of carbonyl (C=O) groups is 2. The van der Waals surface area contributed by atoms with E-state index in [0.717, 1.165) is 23.0 Å². The maximum absolute atomic E-state index is 12.6. The first-order valence-electron chi connectivity index (χ1n) is 9.40. The third-order valence-electron chi connectivity index (χ3n) is 4.39. The molecule has 9 heteroatoms. The van der Waals surface area contributed by atoms with Gasteiger partial charge < -0.3 is 15.8 Å². The Kier molecular flexibility index (Phi) is 7.09. The zero-order chi connectivity index (χ0) is 22.4. The van der Waals surface area contributed by atoms with Crippen LogP contribution < -0.4 is 16.6 Å². The predicted molar refractivity (Wildman–Crippen MR) is 119 cm³/mol. The smallest absolute Gasteiger partial charge is 0.333 e. The van der Waals surface area contributed by atoms with Crippen molar-refractivity contribution >= 4 is 29.5 Å². The molecule has 1 aromatic heterocycles. The van der Waals surface area contributed by atoms with Crippen LogP contribution in [0.25, 0.3) is 5.69 Å². The highest BCUT2D eigenvalue weighted by atomic mass is 32.2. The summed E-state index contributed by atoms with van der Waals surface area (Å²) in [6.45, 7) is 1.94. The zero-order valence-corrected chi connectivity index (χ0v) is 17.9. The Morgan fingerprint density at radius 2 is 1.90 bits per heavy atom. The maximum Gasteiger partial charge on any atom is 0.333 e. The molecule has 3 N–H and O–H groups in total. The largest absolute Gasteiger partial charge is 0.467 e. The molecular formula is C22H22N4O4S. The number of methoxy groups -OCH3 is 1. The number of ether oxygens (including phenoxy) is 1. The number of nitrogen functional groups attached to an aromatic ring is 1. The number of hydrogen-bond acceptors (Lipinski definition) is 7. The van der Waals surface area contributed by atoms with E-state index in [4.69, 9.17) is 10.5 Å². The minimum absolute atomic E-state index is 0.0813. The number of aryl methyl sites for hydroxylation is 1. The maximum atomic E-state index is 12.6. The van der Waals surface area contributed by atoms with E-state index in [9.17, 15) is 14.4 Å². The molecule has 0 aliphatic heterocycles. The van der Waals surface area contributed by atoms with Gasteiger partial charge in [0.05, 0.1) is 12.9 Å². The van der Waals surface area contributed by atoms with Crippen LogP contribution in [0, 0.1) is 6.92 Å². The van der Waals surface area contributed by atoms with Gasteiger partial charge in [-0.25, -0.2) is 4.79 Å². The fourth-order valence-electron chi connectivity index (χ4n) is 2.98. The number of benzene rings is 2. The van der Waals surface area contributed by atoms with E-state index in [1.54, 1.807) is 28.8 Å². The number of esters is 1. The lowest BCUT2D eigenvalue weighted by atomic mass is 10.1. The van der Waals surface area contributed by atoms with Crippen LogP contribution in [-0.4, -0.2) is 34.3 Å². The molecule has 160 valence electrons. The second-order valence-corrected chi connectivity index (χ2v) is 7.64. The van der Waals surface area contributed by atoms with Crippen LogP contribution in [0.3, 0.4) is 0 Å². The van der Waals surface area contributed by atoms with Crippen molar-refractivity contribution in [2.24, 2.45) is 0 Å². The molecule has 0 saturated heterocycles. The predicted octanol–water partition coefficient (Wildman–Crippen LogP) is 2.25. The summed E-state index contributed by atoms with van der Waals surface area (Å²) in [6, 6.07) is 16.6. The number of thioether (sulfide) groups is 1. The molecule has 0 spiro atoms. The van der Waals surface area contributed by atoms with Gasteiger partial charge in [0.15, 0.2) is 11.2 Å². The molecule has 0 saturated carbocycles. The third kappa shape index (κ3) is 5.52. The number of nitrogens with one attached hydrogen (secondary N) is 1. The van der Waals surface area contributed by atoms with Crippen molar-refractivity contribution < 1.29 is 14.3 Å². The highest BCUT2D eigenvalue weighted by molar-refractivity contribution is 7.99. The molecule has 0 aliphatic rings. The molecule has 2 aromatic carbocycles. The molecule has 0 aliphatic carbocycles. The molecule has 31 heavy (non-hydrogen) atoms. The fraction of sp³-hybridized carbons (Fsp3) is 0.182. The van der Waals surface area contributed by atoms with Crippen LogP contribution in [0.4, 0.5) is 5.82 Å². The summed E-state index contributed by atoms with van der Waals surface area (Å²) in [6.07, 6.45) is 0. The van der Waals surface area contributed by atoms with Crippen LogP contribution >= 0.6 is 11.8 Å². The summed E-state index contributed by atoms with van der Waals surface area (Å²) in [5, 5.41) is 2.95. The molecule has 3 rings (SSSR count). The average molecular weight is 439 g/mol. The van der Waals surface area contributed by atoms with Gasteiger partial charge in [-0.1, -0.05) is 54.2 Å².